The second-order valence-electron chi connectivity index (χ2n) is 3.25. The average molecular weight is 250 g/mol. The summed E-state index contributed by atoms with van der Waals surface area (Å²) in [6.45, 7) is 2.77. The highest BCUT2D eigenvalue weighted by Gasteiger charge is 2.26. The van der Waals surface area contributed by atoms with Crippen molar-refractivity contribution in [3.05, 3.63) is 0 Å². The molecule has 0 heterocycles. The maximum Gasteiger partial charge on any atom is 0.264 e. The quantitative estimate of drug-likeness (QED) is 0.537. The standard InChI is InChI=1S/C7H16F2O3S2/c1-7(2)14(8,9)6-4-5-12-13(3,10)11/h7H,4-6H2,1-3H3. The van der Waals surface area contributed by atoms with Crippen LogP contribution in [0.25, 0.3) is 0 Å². The number of hydrogen-bond acceptors (Lipinski definition) is 3. The monoisotopic (exact) mass is 250 g/mol. The predicted octanol–water partition coefficient (Wildman–Crippen LogP) is 2.33. The van der Waals surface area contributed by atoms with E-state index in [-0.39, 0.29) is 18.8 Å². The van der Waals surface area contributed by atoms with E-state index in [0.717, 1.165) is 6.26 Å². The summed E-state index contributed by atoms with van der Waals surface area (Å²) < 4.78 is 51.4. The van der Waals surface area contributed by atoms with E-state index in [0.29, 0.717) is 0 Å². The summed E-state index contributed by atoms with van der Waals surface area (Å²) in [5.41, 5.74) is 0. The molecule has 0 rings (SSSR count). The van der Waals surface area contributed by atoms with Gasteiger partial charge in [0.1, 0.15) is 0 Å². The zero-order valence-electron chi connectivity index (χ0n) is 8.50. The smallest absolute Gasteiger partial charge is 0.264 e. The lowest BCUT2D eigenvalue weighted by molar-refractivity contribution is 0.321. The molecule has 0 aliphatic carbocycles. The van der Waals surface area contributed by atoms with Crippen LogP contribution in [0.3, 0.4) is 0 Å². The molecule has 0 spiro atoms. The van der Waals surface area contributed by atoms with Gasteiger partial charge in [-0.1, -0.05) is 13.8 Å². The van der Waals surface area contributed by atoms with Crippen molar-refractivity contribution in [1.29, 1.82) is 0 Å². The molecule has 3 nitrogen and oxygen atoms in total. The maximum absolute atomic E-state index is 13.0. The van der Waals surface area contributed by atoms with Crippen LogP contribution in [0, 0.1) is 0 Å². The molecule has 0 N–H and O–H groups in total. The number of halogens is 2. The summed E-state index contributed by atoms with van der Waals surface area (Å²) in [7, 11) is -7.09. The SMILES string of the molecule is CC(C)S(F)(F)CCCOS(C)(=O)=O. The highest BCUT2D eigenvalue weighted by molar-refractivity contribution is 8.25. The Labute approximate surface area is 85.9 Å². The molecule has 0 aromatic carbocycles. The summed E-state index contributed by atoms with van der Waals surface area (Å²) in [5.74, 6) is -0.264. The Balaban J connectivity index is 3.76. The van der Waals surface area contributed by atoms with E-state index < -0.39 is 26.2 Å². The Kier molecular flexibility index (Phi) is 5.32. The van der Waals surface area contributed by atoms with Gasteiger partial charge in [-0.05, 0) is 6.42 Å². The fourth-order valence-corrected chi connectivity index (χ4v) is 2.09. The zero-order chi connectivity index (χ0) is 11.4. The molecule has 0 saturated carbocycles. The van der Waals surface area contributed by atoms with Gasteiger partial charge in [0, 0.05) is 11.0 Å². The van der Waals surface area contributed by atoms with Gasteiger partial charge in [0.05, 0.1) is 23.7 Å². The van der Waals surface area contributed by atoms with Crippen LogP contribution in [-0.4, -0.2) is 32.3 Å². The number of hydrogen-bond donors (Lipinski definition) is 0. The second-order valence-corrected chi connectivity index (χ2v) is 7.49. The molecule has 7 heteroatoms. The van der Waals surface area contributed by atoms with E-state index in [1.807, 2.05) is 0 Å². The molecule has 0 aromatic rings. The minimum Gasteiger partial charge on any atom is -0.270 e. The maximum atomic E-state index is 13.0. The minimum atomic E-state index is -3.59. The minimum absolute atomic E-state index is 0.0770. The van der Waals surface area contributed by atoms with Gasteiger partial charge in [-0.25, -0.2) is 0 Å². The van der Waals surface area contributed by atoms with Crippen molar-refractivity contribution >= 4 is 20.9 Å². The summed E-state index contributed by atoms with van der Waals surface area (Å²) in [4.78, 5) is 0. The van der Waals surface area contributed by atoms with Crippen molar-refractivity contribution in [3.8, 4) is 0 Å². The van der Waals surface area contributed by atoms with Gasteiger partial charge in [-0.3, -0.25) is 4.18 Å². The van der Waals surface area contributed by atoms with Gasteiger partial charge in [0.25, 0.3) is 10.1 Å². The van der Waals surface area contributed by atoms with Crippen molar-refractivity contribution < 1.29 is 20.4 Å². The number of rotatable bonds is 6. The van der Waals surface area contributed by atoms with Crippen molar-refractivity contribution in [2.45, 2.75) is 25.5 Å². The summed E-state index contributed by atoms with van der Waals surface area (Å²) >= 11 is 0. The van der Waals surface area contributed by atoms with Crippen molar-refractivity contribution in [3.63, 3.8) is 0 Å². The summed E-state index contributed by atoms with van der Waals surface area (Å²) in [5, 5.41) is -0.652. The van der Waals surface area contributed by atoms with Crippen LogP contribution < -0.4 is 0 Å². The molecule has 0 aliphatic heterocycles. The van der Waals surface area contributed by atoms with Gasteiger partial charge in [-0.15, -0.1) is 0 Å². The molecule has 0 unspecified atom stereocenters. The molecule has 0 atom stereocenters. The fraction of sp³-hybridized carbons (Fsp3) is 1.00. The van der Waals surface area contributed by atoms with E-state index in [1.165, 1.54) is 13.8 Å². The first-order chi connectivity index (χ1) is 6.15. The van der Waals surface area contributed by atoms with Gasteiger partial charge in [0.2, 0.25) is 0 Å². The van der Waals surface area contributed by atoms with Gasteiger partial charge < -0.3 is 0 Å². The topological polar surface area (TPSA) is 43.4 Å². The lowest BCUT2D eigenvalue weighted by Crippen LogP contribution is -2.10. The lowest BCUT2D eigenvalue weighted by Gasteiger charge is -2.24. The van der Waals surface area contributed by atoms with Crippen molar-refractivity contribution in [2.24, 2.45) is 0 Å². The second kappa shape index (κ2) is 5.27. The molecule has 88 valence electrons. The molecular formula is C7H16F2O3S2. The fourth-order valence-electron chi connectivity index (χ4n) is 0.697. The van der Waals surface area contributed by atoms with Gasteiger partial charge in [-0.2, -0.15) is 16.2 Å². The first-order valence-electron chi connectivity index (χ1n) is 4.18. The third kappa shape index (κ3) is 6.56. The van der Waals surface area contributed by atoms with Crippen LogP contribution in [0.1, 0.15) is 20.3 Å². The molecular weight excluding hydrogens is 234 g/mol. The van der Waals surface area contributed by atoms with E-state index in [2.05, 4.69) is 4.18 Å². The molecule has 0 saturated heterocycles. The lowest BCUT2D eigenvalue weighted by atomic mass is 10.5. The van der Waals surface area contributed by atoms with E-state index in [4.69, 9.17) is 0 Å². The Bertz CT molecular complexity index is 262. The molecule has 0 bridgehead atoms. The largest absolute Gasteiger partial charge is 0.270 e. The van der Waals surface area contributed by atoms with Crippen LogP contribution in [0.2, 0.25) is 0 Å². The van der Waals surface area contributed by atoms with E-state index >= 15 is 0 Å². The highest BCUT2D eigenvalue weighted by atomic mass is 32.3. The molecule has 0 amide bonds. The molecule has 14 heavy (non-hydrogen) atoms. The Morgan fingerprint density at radius 2 is 1.79 bits per heavy atom. The average Bonchev–Trinajstić information content (AvgIpc) is 1.96. The van der Waals surface area contributed by atoms with Gasteiger partial charge >= 0.3 is 0 Å². The summed E-state index contributed by atoms with van der Waals surface area (Å²) in [6.07, 6.45) is 0.980. The Hall–Kier alpha value is 0.120. The first-order valence-corrected chi connectivity index (χ1v) is 7.67. The van der Waals surface area contributed by atoms with Crippen LogP contribution in [-0.2, 0) is 14.3 Å². The Morgan fingerprint density at radius 3 is 2.14 bits per heavy atom. The zero-order valence-corrected chi connectivity index (χ0v) is 10.1. The highest BCUT2D eigenvalue weighted by Crippen LogP contribution is 2.55. The van der Waals surface area contributed by atoms with E-state index in [1.54, 1.807) is 0 Å². The van der Waals surface area contributed by atoms with Crippen LogP contribution in [0.15, 0.2) is 0 Å². The third-order valence-corrected chi connectivity index (χ3v) is 4.36. The van der Waals surface area contributed by atoms with Crippen molar-refractivity contribution in [1.82, 2.24) is 0 Å². The van der Waals surface area contributed by atoms with Crippen LogP contribution in [0.4, 0.5) is 7.77 Å². The Morgan fingerprint density at radius 1 is 1.29 bits per heavy atom. The first kappa shape index (κ1) is 14.1. The molecule has 0 aromatic heterocycles. The van der Waals surface area contributed by atoms with Gasteiger partial charge in [0.15, 0.2) is 0 Å². The summed E-state index contributed by atoms with van der Waals surface area (Å²) in [6, 6.07) is 0. The van der Waals surface area contributed by atoms with Crippen LogP contribution in [0.5, 0.6) is 0 Å². The van der Waals surface area contributed by atoms with E-state index in [9.17, 15) is 16.2 Å². The molecule has 0 fully saturated rings. The van der Waals surface area contributed by atoms with Crippen molar-refractivity contribution in [2.75, 3.05) is 18.6 Å². The third-order valence-electron chi connectivity index (χ3n) is 1.55. The molecule has 0 aliphatic rings. The normalized spacial score (nSPS) is 14.7. The molecule has 0 radical (unpaired) electrons. The van der Waals surface area contributed by atoms with Crippen LogP contribution >= 0.6 is 10.8 Å². The predicted molar refractivity (Wildman–Crippen MR) is 55.2 cm³/mol.